The van der Waals surface area contributed by atoms with Crippen LogP contribution in [0.2, 0.25) is 0 Å². The number of hydrogen-bond donors (Lipinski definition) is 0. The highest BCUT2D eigenvalue weighted by atomic mass is 16.6. The lowest BCUT2D eigenvalue weighted by Gasteiger charge is -2.18. The van der Waals surface area contributed by atoms with E-state index in [1.807, 2.05) is 0 Å². The average molecular weight is 885 g/mol. The van der Waals surface area contributed by atoms with Gasteiger partial charge in [-0.1, -0.05) is 24.3 Å². The van der Waals surface area contributed by atoms with Crippen LogP contribution in [0.5, 0.6) is 34.5 Å². The van der Waals surface area contributed by atoms with Crippen molar-refractivity contribution in [3.63, 3.8) is 0 Å². The van der Waals surface area contributed by atoms with Crippen LogP contribution in [0.25, 0.3) is 12.2 Å². The van der Waals surface area contributed by atoms with Crippen molar-refractivity contribution in [3.8, 4) is 34.5 Å². The van der Waals surface area contributed by atoms with E-state index < -0.39 is 11.9 Å². The van der Waals surface area contributed by atoms with Gasteiger partial charge in [-0.2, -0.15) is 0 Å². The van der Waals surface area contributed by atoms with Crippen molar-refractivity contribution in [2.45, 2.75) is 0 Å². The summed E-state index contributed by atoms with van der Waals surface area (Å²) in [7, 11) is 3.25. The molecular formula is C46H60O17. The Labute approximate surface area is 368 Å². The number of ether oxygens (including phenoxy) is 15. The van der Waals surface area contributed by atoms with Crippen LogP contribution in [-0.4, -0.2) is 158 Å². The molecule has 3 aromatic rings. The Balaban J connectivity index is 1.35. The van der Waals surface area contributed by atoms with Crippen LogP contribution in [0.3, 0.4) is 0 Å². The first kappa shape index (κ1) is 50.6. The zero-order valence-corrected chi connectivity index (χ0v) is 36.2. The smallest absolute Gasteiger partial charge is 0.336 e. The van der Waals surface area contributed by atoms with E-state index in [2.05, 4.69) is 0 Å². The van der Waals surface area contributed by atoms with Crippen molar-refractivity contribution in [3.05, 3.63) is 83.9 Å². The molecule has 3 aromatic carbocycles. The third kappa shape index (κ3) is 22.2. The van der Waals surface area contributed by atoms with Gasteiger partial charge in [-0.3, -0.25) is 0 Å². The molecule has 1 heterocycles. The van der Waals surface area contributed by atoms with Crippen molar-refractivity contribution < 1.29 is 80.6 Å². The third-order valence-electron chi connectivity index (χ3n) is 8.34. The lowest BCUT2D eigenvalue weighted by atomic mass is 10.2. The van der Waals surface area contributed by atoms with Crippen molar-refractivity contribution in [2.24, 2.45) is 0 Å². The topological polar surface area (TPSA) is 173 Å². The van der Waals surface area contributed by atoms with Gasteiger partial charge in [0.05, 0.1) is 106 Å². The summed E-state index contributed by atoms with van der Waals surface area (Å²) in [6, 6.07) is 17.3. The molecule has 17 heteroatoms. The lowest BCUT2D eigenvalue weighted by Crippen LogP contribution is -2.14. The standard InChI is InChI=1S/C46H60O17/c1-49-17-19-51-21-25-54-29-33-58-39-9-3-37(4-10-39)7-15-43(47)62-41-13-14-42(46-45(41)60-35-31-56-27-23-53-24-28-57-32-36-61-46)63-44(48)16-8-38-5-11-40(12-6-38)59-34-30-55-26-22-52-20-18-50-2/h3-16H,17-36H2,1-2H3/b15-7+,16-8+. The quantitative estimate of drug-likeness (QED) is 0.0463. The van der Waals surface area contributed by atoms with Gasteiger partial charge in [-0.05, 0) is 59.7 Å². The molecule has 0 bridgehead atoms. The van der Waals surface area contributed by atoms with Crippen LogP contribution in [0, 0.1) is 0 Å². The Morgan fingerprint density at radius 1 is 0.444 bits per heavy atom. The molecule has 0 fully saturated rings. The van der Waals surface area contributed by atoms with Gasteiger partial charge in [0, 0.05) is 26.4 Å². The van der Waals surface area contributed by atoms with Gasteiger partial charge in [0.2, 0.25) is 11.5 Å². The highest BCUT2D eigenvalue weighted by molar-refractivity contribution is 5.90. The molecule has 63 heavy (non-hydrogen) atoms. The van der Waals surface area contributed by atoms with E-state index in [1.165, 1.54) is 24.3 Å². The summed E-state index contributed by atoms with van der Waals surface area (Å²) < 4.78 is 83.5. The second-order valence-electron chi connectivity index (χ2n) is 13.0. The fourth-order valence-electron chi connectivity index (χ4n) is 5.24. The number of carbonyl (C=O) groups is 2. The summed E-state index contributed by atoms with van der Waals surface area (Å²) >= 11 is 0. The summed E-state index contributed by atoms with van der Waals surface area (Å²) in [5.41, 5.74) is 1.47. The van der Waals surface area contributed by atoms with Gasteiger partial charge >= 0.3 is 11.9 Å². The molecule has 1 aliphatic rings. The van der Waals surface area contributed by atoms with E-state index in [0.717, 1.165) is 11.1 Å². The minimum atomic E-state index is -0.686. The molecule has 0 atom stereocenters. The lowest BCUT2D eigenvalue weighted by molar-refractivity contribution is -0.130. The molecule has 0 saturated carbocycles. The number of carbonyl (C=O) groups excluding carboxylic acids is 2. The molecule has 4 rings (SSSR count). The number of methoxy groups -OCH3 is 2. The number of hydrogen-bond acceptors (Lipinski definition) is 17. The molecule has 346 valence electrons. The van der Waals surface area contributed by atoms with Crippen LogP contribution >= 0.6 is 0 Å². The normalized spacial score (nSPS) is 13.9. The van der Waals surface area contributed by atoms with Gasteiger partial charge in [-0.15, -0.1) is 0 Å². The largest absolute Gasteiger partial charge is 0.491 e. The Kier molecular flexibility index (Phi) is 26.1. The van der Waals surface area contributed by atoms with Crippen molar-refractivity contribution in [2.75, 3.05) is 146 Å². The summed E-state index contributed by atoms with van der Waals surface area (Å²) in [6.07, 6.45) is 5.78. The summed E-state index contributed by atoms with van der Waals surface area (Å²) in [4.78, 5) is 26.3. The molecule has 0 amide bonds. The second kappa shape index (κ2) is 32.6. The molecule has 0 spiro atoms. The van der Waals surface area contributed by atoms with E-state index in [-0.39, 0.29) is 49.4 Å². The highest BCUT2D eigenvalue weighted by Gasteiger charge is 2.22. The fourth-order valence-corrected chi connectivity index (χ4v) is 5.24. The first-order valence-corrected chi connectivity index (χ1v) is 20.8. The SMILES string of the molecule is COCCOCCOCCOc1ccc(/C=C/C(=O)Oc2ccc(OC(=O)/C=C/c3ccc(OCCOCCOCCOC)cc3)c3c2OCCOCCOCCOCCO3)cc1. The van der Waals surface area contributed by atoms with Gasteiger partial charge in [0.15, 0.2) is 11.5 Å². The van der Waals surface area contributed by atoms with Crippen molar-refractivity contribution in [1.29, 1.82) is 0 Å². The molecular weight excluding hydrogens is 824 g/mol. The first-order valence-electron chi connectivity index (χ1n) is 20.8. The predicted molar refractivity (Wildman–Crippen MR) is 230 cm³/mol. The van der Waals surface area contributed by atoms with Crippen LogP contribution in [0.15, 0.2) is 72.8 Å². The van der Waals surface area contributed by atoms with Crippen molar-refractivity contribution >= 4 is 24.1 Å². The number of rotatable bonds is 26. The molecule has 0 aliphatic carbocycles. The molecule has 0 radical (unpaired) electrons. The van der Waals surface area contributed by atoms with Crippen LogP contribution < -0.4 is 28.4 Å². The molecule has 17 nitrogen and oxygen atoms in total. The number of fused-ring (bicyclic) bond motifs is 1. The zero-order chi connectivity index (χ0) is 44.4. The Bertz CT molecular complexity index is 1620. The molecule has 0 unspecified atom stereocenters. The fraction of sp³-hybridized carbons (Fsp3) is 0.478. The van der Waals surface area contributed by atoms with Gasteiger partial charge in [0.1, 0.15) is 37.9 Å². The molecule has 0 saturated heterocycles. The third-order valence-corrected chi connectivity index (χ3v) is 8.34. The molecule has 0 N–H and O–H groups in total. The van der Waals surface area contributed by atoms with Gasteiger partial charge in [-0.25, -0.2) is 9.59 Å². The van der Waals surface area contributed by atoms with Crippen LogP contribution in [-0.2, 0) is 52.2 Å². The van der Waals surface area contributed by atoms with E-state index in [9.17, 15) is 9.59 Å². The van der Waals surface area contributed by atoms with Gasteiger partial charge in [0.25, 0.3) is 0 Å². The van der Waals surface area contributed by atoms with Crippen LogP contribution in [0.4, 0.5) is 0 Å². The Morgan fingerprint density at radius 2 is 0.778 bits per heavy atom. The highest BCUT2D eigenvalue weighted by Crippen LogP contribution is 2.45. The second-order valence-corrected chi connectivity index (χ2v) is 13.0. The summed E-state index contributed by atoms with van der Waals surface area (Å²) in [5.74, 6) is 0.0934. The van der Waals surface area contributed by atoms with E-state index in [1.54, 1.807) is 74.9 Å². The Morgan fingerprint density at radius 3 is 1.14 bits per heavy atom. The van der Waals surface area contributed by atoms with Crippen LogP contribution in [0.1, 0.15) is 11.1 Å². The Hall–Kier alpha value is -5.08. The van der Waals surface area contributed by atoms with E-state index in [0.29, 0.717) is 117 Å². The zero-order valence-electron chi connectivity index (χ0n) is 36.2. The molecule has 0 aromatic heterocycles. The summed E-state index contributed by atoms with van der Waals surface area (Å²) in [6.45, 7) is 7.55. The maximum absolute atomic E-state index is 13.1. The monoisotopic (exact) mass is 884 g/mol. The maximum atomic E-state index is 13.1. The summed E-state index contributed by atoms with van der Waals surface area (Å²) in [5, 5.41) is 0. The number of esters is 2. The minimum absolute atomic E-state index is 0.0388. The molecule has 1 aliphatic heterocycles. The minimum Gasteiger partial charge on any atom is -0.491 e. The average Bonchev–Trinajstić information content (AvgIpc) is 3.31. The maximum Gasteiger partial charge on any atom is 0.336 e. The predicted octanol–water partition coefficient (Wildman–Crippen LogP) is 4.86. The van der Waals surface area contributed by atoms with E-state index in [4.69, 9.17) is 71.1 Å². The van der Waals surface area contributed by atoms with Gasteiger partial charge < -0.3 is 71.1 Å². The first-order chi connectivity index (χ1) is 31.1. The number of benzene rings is 3. The van der Waals surface area contributed by atoms with E-state index >= 15 is 0 Å². The van der Waals surface area contributed by atoms with Crippen molar-refractivity contribution in [1.82, 2.24) is 0 Å².